The summed E-state index contributed by atoms with van der Waals surface area (Å²) in [7, 11) is -3.76. The van der Waals surface area contributed by atoms with E-state index in [1.165, 1.54) is 41.4 Å². The fourth-order valence-corrected chi connectivity index (χ4v) is 5.77. The summed E-state index contributed by atoms with van der Waals surface area (Å²) < 4.78 is 26.3. The number of nitrogens with one attached hydrogen (secondary N) is 1. The molecule has 0 aliphatic rings. The summed E-state index contributed by atoms with van der Waals surface area (Å²) in [6.07, 6.45) is 3.00. The second-order valence-electron chi connectivity index (χ2n) is 3.83. The molecule has 10 heteroatoms. The lowest BCUT2D eigenvalue weighted by molar-refractivity contribution is 0.594. The summed E-state index contributed by atoms with van der Waals surface area (Å²) >= 11 is 11.5. The molecule has 0 spiro atoms. The van der Waals surface area contributed by atoms with Crippen molar-refractivity contribution in [2.75, 3.05) is 6.26 Å². The van der Waals surface area contributed by atoms with E-state index in [1.54, 1.807) is 6.26 Å². The van der Waals surface area contributed by atoms with Crippen LogP contribution in [0, 0.1) is 5.41 Å². The maximum absolute atomic E-state index is 12.7. The zero-order valence-electron chi connectivity index (χ0n) is 10.6. The van der Waals surface area contributed by atoms with Gasteiger partial charge in [0, 0.05) is 6.20 Å². The summed E-state index contributed by atoms with van der Waals surface area (Å²) in [5, 5.41) is 7.65. The van der Waals surface area contributed by atoms with Crippen molar-refractivity contribution in [1.29, 1.82) is 5.41 Å². The molecular formula is C11H9BrClN3O2S3. The van der Waals surface area contributed by atoms with Gasteiger partial charge in [0.15, 0.2) is 0 Å². The molecule has 112 valence electrons. The molecule has 5 nitrogen and oxygen atoms in total. The molecule has 0 saturated heterocycles. The van der Waals surface area contributed by atoms with E-state index in [9.17, 15) is 8.42 Å². The summed E-state index contributed by atoms with van der Waals surface area (Å²) in [6, 6.07) is 2.74. The SMILES string of the molecule is CSc1sc(C(=N)N)cc1S(=O)(=O)c1cnc(Br)c(Cl)c1. The molecule has 3 N–H and O–H groups in total. The second kappa shape index (κ2) is 6.25. The molecule has 2 aromatic heterocycles. The van der Waals surface area contributed by atoms with Crippen molar-refractivity contribution >= 4 is 66.3 Å². The van der Waals surface area contributed by atoms with Crippen molar-refractivity contribution in [3.63, 3.8) is 0 Å². The van der Waals surface area contributed by atoms with E-state index >= 15 is 0 Å². The molecule has 0 amide bonds. The highest BCUT2D eigenvalue weighted by Gasteiger charge is 2.25. The highest BCUT2D eigenvalue weighted by atomic mass is 79.9. The van der Waals surface area contributed by atoms with Crippen molar-refractivity contribution in [3.8, 4) is 0 Å². The lowest BCUT2D eigenvalue weighted by Gasteiger charge is -2.05. The summed E-state index contributed by atoms with van der Waals surface area (Å²) in [4.78, 5) is 4.43. The van der Waals surface area contributed by atoms with Crippen LogP contribution in [0.15, 0.2) is 36.9 Å². The number of hydrogen-bond donors (Lipinski definition) is 2. The first-order chi connectivity index (χ1) is 9.77. The van der Waals surface area contributed by atoms with Crippen molar-refractivity contribution in [2.45, 2.75) is 14.0 Å². The van der Waals surface area contributed by atoms with E-state index < -0.39 is 9.84 Å². The molecule has 0 atom stereocenters. The monoisotopic (exact) mass is 425 g/mol. The van der Waals surface area contributed by atoms with Crippen LogP contribution in [-0.4, -0.2) is 25.5 Å². The van der Waals surface area contributed by atoms with E-state index in [0.29, 0.717) is 13.7 Å². The van der Waals surface area contributed by atoms with Gasteiger partial charge in [-0.25, -0.2) is 13.4 Å². The van der Waals surface area contributed by atoms with Crippen LogP contribution < -0.4 is 5.73 Å². The third-order valence-electron chi connectivity index (χ3n) is 2.49. The van der Waals surface area contributed by atoms with Crippen molar-refractivity contribution in [3.05, 3.63) is 32.8 Å². The molecule has 2 heterocycles. The number of nitrogens with two attached hydrogens (primary N) is 1. The topological polar surface area (TPSA) is 96.9 Å². The number of sulfone groups is 1. The van der Waals surface area contributed by atoms with E-state index in [-0.39, 0.29) is 20.6 Å². The second-order valence-corrected chi connectivity index (χ2v) is 9.03. The molecule has 0 bridgehead atoms. The summed E-state index contributed by atoms with van der Waals surface area (Å²) in [5.74, 6) is -0.163. The Kier molecular flexibility index (Phi) is 4.99. The largest absolute Gasteiger partial charge is 0.383 e. The zero-order valence-corrected chi connectivity index (χ0v) is 15.3. The lowest BCUT2D eigenvalue weighted by Crippen LogP contribution is -2.09. The maximum Gasteiger partial charge on any atom is 0.210 e. The van der Waals surface area contributed by atoms with Gasteiger partial charge in [0.1, 0.15) is 10.4 Å². The lowest BCUT2D eigenvalue weighted by atomic mass is 10.4. The number of aromatic nitrogens is 1. The number of thioether (sulfide) groups is 1. The van der Waals surface area contributed by atoms with Gasteiger partial charge >= 0.3 is 0 Å². The number of pyridine rings is 1. The normalized spacial score (nSPS) is 11.6. The average Bonchev–Trinajstić information content (AvgIpc) is 2.86. The number of nitrogen functional groups attached to an aromatic ring is 1. The van der Waals surface area contributed by atoms with Crippen LogP contribution in [-0.2, 0) is 9.84 Å². The summed E-state index contributed by atoms with van der Waals surface area (Å²) in [6.45, 7) is 0. The number of halogens is 2. The van der Waals surface area contributed by atoms with Gasteiger partial charge in [0.05, 0.1) is 23.9 Å². The number of nitrogens with zero attached hydrogens (tertiary/aromatic N) is 1. The molecule has 21 heavy (non-hydrogen) atoms. The Morgan fingerprint density at radius 2 is 2.19 bits per heavy atom. The molecule has 0 radical (unpaired) electrons. The van der Waals surface area contributed by atoms with Crippen molar-refractivity contribution < 1.29 is 8.42 Å². The maximum atomic E-state index is 12.7. The minimum atomic E-state index is -3.76. The smallest absolute Gasteiger partial charge is 0.210 e. The van der Waals surface area contributed by atoms with Gasteiger partial charge in [-0.15, -0.1) is 23.1 Å². The Balaban J connectivity index is 2.63. The first kappa shape index (κ1) is 16.8. The van der Waals surface area contributed by atoms with E-state index in [1.807, 2.05) is 0 Å². The van der Waals surface area contributed by atoms with Gasteiger partial charge < -0.3 is 5.73 Å². The molecule has 2 rings (SSSR count). The van der Waals surface area contributed by atoms with Gasteiger partial charge in [-0.3, -0.25) is 5.41 Å². The third-order valence-corrected chi connectivity index (χ3v) is 7.94. The number of amidine groups is 1. The standard InChI is InChI=1S/C11H9BrClN3O2S3/c1-19-11-8(3-7(20-11)10(14)15)21(17,18)5-2-6(13)9(12)16-4-5/h2-4H,1H3,(H3,14,15). The molecule has 0 fully saturated rings. The average molecular weight is 427 g/mol. The highest BCUT2D eigenvalue weighted by molar-refractivity contribution is 9.10. The van der Waals surface area contributed by atoms with Crippen LogP contribution >= 0.6 is 50.6 Å². The molecule has 0 aliphatic carbocycles. The molecular weight excluding hydrogens is 418 g/mol. The van der Waals surface area contributed by atoms with Crippen LogP contribution in [0.2, 0.25) is 5.02 Å². The highest BCUT2D eigenvalue weighted by Crippen LogP contribution is 2.37. The molecule has 0 saturated carbocycles. The van der Waals surface area contributed by atoms with Gasteiger partial charge in [-0.1, -0.05) is 11.6 Å². The Labute approximate surface area is 143 Å². The minimum absolute atomic E-state index is 0.00102. The number of rotatable bonds is 4. The van der Waals surface area contributed by atoms with Crippen LogP contribution in [0.1, 0.15) is 4.88 Å². The van der Waals surface area contributed by atoms with Crippen molar-refractivity contribution in [2.24, 2.45) is 5.73 Å². The number of hydrogen-bond acceptors (Lipinski definition) is 6. The number of thiophene rings is 1. The predicted molar refractivity (Wildman–Crippen MR) is 89.5 cm³/mol. The van der Waals surface area contributed by atoms with E-state index in [4.69, 9.17) is 22.7 Å². The fourth-order valence-electron chi connectivity index (χ4n) is 1.50. The minimum Gasteiger partial charge on any atom is -0.383 e. The Hall–Kier alpha value is -0.610. The first-order valence-corrected chi connectivity index (χ1v) is 10.0. The van der Waals surface area contributed by atoms with Gasteiger partial charge in [0.2, 0.25) is 9.84 Å². The molecule has 0 aliphatic heterocycles. The summed E-state index contributed by atoms with van der Waals surface area (Å²) in [5.41, 5.74) is 5.43. The Morgan fingerprint density at radius 1 is 1.52 bits per heavy atom. The first-order valence-electron chi connectivity index (χ1n) is 5.35. The molecule has 2 aromatic rings. The fraction of sp³-hybridized carbons (Fsp3) is 0.0909. The molecule has 0 aromatic carbocycles. The van der Waals surface area contributed by atoms with Crippen LogP contribution in [0.5, 0.6) is 0 Å². The third kappa shape index (κ3) is 3.26. The quantitative estimate of drug-likeness (QED) is 0.338. The van der Waals surface area contributed by atoms with Gasteiger partial charge in [0.25, 0.3) is 0 Å². The van der Waals surface area contributed by atoms with E-state index in [0.717, 1.165) is 0 Å². The Bertz CT molecular complexity index is 820. The van der Waals surface area contributed by atoms with E-state index in [2.05, 4.69) is 20.9 Å². The molecule has 0 unspecified atom stereocenters. The Morgan fingerprint density at radius 3 is 2.71 bits per heavy atom. The van der Waals surface area contributed by atoms with Gasteiger partial charge in [-0.2, -0.15) is 0 Å². The van der Waals surface area contributed by atoms with Gasteiger partial charge in [-0.05, 0) is 34.3 Å². The zero-order chi connectivity index (χ0) is 15.8. The van der Waals surface area contributed by atoms with Crippen LogP contribution in [0.25, 0.3) is 0 Å². The predicted octanol–water partition coefficient (Wildman–Crippen LogP) is 3.40. The van der Waals surface area contributed by atoms with Crippen molar-refractivity contribution in [1.82, 2.24) is 4.98 Å². The van der Waals surface area contributed by atoms with Crippen LogP contribution in [0.3, 0.4) is 0 Å². The van der Waals surface area contributed by atoms with Crippen LogP contribution in [0.4, 0.5) is 0 Å².